The number of ether oxygens (including phenoxy) is 1. The first-order valence-electron chi connectivity index (χ1n) is 7.08. The van der Waals surface area contributed by atoms with E-state index < -0.39 is 12.1 Å². The number of hydrogen-bond acceptors (Lipinski definition) is 3. The summed E-state index contributed by atoms with van der Waals surface area (Å²) in [4.78, 5) is 22.9. The maximum atomic E-state index is 12.1. The van der Waals surface area contributed by atoms with E-state index in [1.165, 1.54) is 12.1 Å². The average molecular weight is 368 g/mol. The van der Waals surface area contributed by atoms with E-state index >= 15 is 0 Å². The molecular formula is C17H15Cl2NO4. The predicted octanol–water partition coefficient (Wildman–Crippen LogP) is 3.78. The predicted molar refractivity (Wildman–Crippen MR) is 91.8 cm³/mol. The topological polar surface area (TPSA) is 75.6 Å². The molecule has 126 valence electrons. The molecule has 1 atom stereocenters. The Labute approximate surface area is 149 Å². The number of carbonyl (C=O) groups excluding carboxylic acids is 1. The smallest absolute Gasteiger partial charge is 0.335 e. The van der Waals surface area contributed by atoms with Gasteiger partial charge in [-0.15, -0.1) is 0 Å². The molecular weight excluding hydrogens is 353 g/mol. The SMILES string of the molecule is CC(Oc1cc(Cl)cc(Cl)c1)C(=O)NCc1ccc(C(=O)O)cc1. The molecule has 0 aliphatic rings. The highest BCUT2D eigenvalue weighted by Gasteiger charge is 2.15. The number of halogens is 2. The van der Waals surface area contributed by atoms with Crippen LogP contribution < -0.4 is 10.1 Å². The zero-order chi connectivity index (χ0) is 17.7. The van der Waals surface area contributed by atoms with Gasteiger partial charge in [-0.05, 0) is 42.8 Å². The summed E-state index contributed by atoms with van der Waals surface area (Å²) in [6, 6.07) is 11.0. The third-order valence-corrected chi connectivity index (χ3v) is 3.62. The number of hydrogen-bond donors (Lipinski definition) is 2. The molecule has 0 fully saturated rings. The number of rotatable bonds is 6. The molecule has 2 N–H and O–H groups in total. The van der Waals surface area contributed by atoms with Crippen LogP contribution in [0.2, 0.25) is 10.0 Å². The standard InChI is InChI=1S/C17H15Cl2NO4/c1-10(24-15-7-13(18)6-14(19)8-15)16(21)20-9-11-2-4-12(5-3-11)17(22)23/h2-8,10H,9H2,1H3,(H,20,21)(H,22,23). The van der Waals surface area contributed by atoms with Crippen LogP contribution in [0.25, 0.3) is 0 Å². The molecule has 0 spiro atoms. The molecule has 2 rings (SSSR count). The van der Waals surface area contributed by atoms with Gasteiger partial charge in [0.05, 0.1) is 5.56 Å². The molecule has 0 saturated heterocycles. The van der Waals surface area contributed by atoms with Crippen molar-refractivity contribution < 1.29 is 19.4 Å². The van der Waals surface area contributed by atoms with Gasteiger partial charge in [-0.1, -0.05) is 35.3 Å². The molecule has 24 heavy (non-hydrogen) atoms. The number of aromatic carboxylic acids is 1. The molecule has 0 radical (unpaired) electrons. The van der Waals surface area contributed by atoms with Crippen LogP contribution in [0, 0.1) is 0 Å². The fourth-order valence-electron chi connectivity index (χ4n) is 1.95. The Morgan fingerprint density at radius 1 is 1.12 bits per heavy atom. The van der Waals surface area contributed by atoms with Crippen LogP contribution in [0.4, 0.5) is 0 Å². The van der Waals surface area contributed by atoms with E-state index in [0.29, 0.717) is 15.8 Å². The molecule has 1 unspecified atom stereocenters. The Hall–Kier alpha value is -2.24. The van der Waals surface area contributed by atoms with Gasteiger partial charge in [-0.25, -0.2) is 4.79 Å². The van der Waals surface area contributed by atoms with Crippen LogP contribution >= 0.6 is 23.2 Å². The van der Waals surface area contributed by atoms with E-state index in [9.17, 15) is 9.59 Å². The van der Waals surface area contributed by atoms with Gasteiger partial charge in [-0.2, -0.15) is 0 Å². The highest BCUT2D eigenvalue weighted by molar-refractivity contribution is 6.34. The normalized spacial score (nSPS) is 11.6. The average Bonchev–Trinajstić information content (AvgIpc) is 2.51. The summed E-state index contributed by atoms with van der Waals surface area (Å²) in [5.74, 6) is -0.901. The molecule has 2 aromatic rings. The lowest BCUT2D eigenvalue weighted by atomic mass is 10.1. The van der Waals surface area contributed by atoms with E-state index in [-0.39, 0.29) is 18.0 Å². The molecule has 0 aliphatic carbocycles. The van der Waals surface area contributed by atoms with E-state index in [1.807, 2.05) is 0 Å². The number of amides is 1. The zero-order valence-electron chi connectivity index (χ0n) is 12.8. The zero-order valence-corrected chi connectivity index (χ0v) is 14.3. The summed E-state index contributed by atoms with van der Waals surface area (Å²) >= 11 is 11.8. The number of benzene rings is 2. The van der Waals surface area contributed by atoms with Gasteiger partial charge in [0.25, 0.3) is 5.91 Å². The van der Waals surface area contributed by atoms with Crippen molar-refractivity contribution in [3.63, 3.8) is 0 Å². The monoisotopic (exact) mass is 367 g/mol. The van der Waals surface area contributed by atoms with E-state index in [2.05, 4.69) is 5.32 Å². The number of carboxylic acids is 1. The fourth-order valence-corrected chi connectivity index (χ4v) is 2.46. The van der Waals surface area contributed by atoms with Crippen LogP contribution in [0.5, 0.6) is 5.75 Å². The Bertz CT molecular complexity index is 727. The van der Waals surface area contributed by atoms with Crippen LogP contribution in [0.15, 0.2) is 42.5 Å². The maximum absolute atomic E-state index is 12.1. The van der Waals surface area contributed by atoms with Gasteiger partial charge in [-0.3, -0.25) is 4.79 Å². The lowest BCUT2D eigenvalue weighted by molar-refractivity contribution is -0.127. The first kappa shape index (κ1) is 18.1. The molecule has 0 aliphatic heterocycles. The fraction of sp³-hybridized carbons (Fsp3) is 0.176. The number of nitrogens with one attached hydrogen (secondary N) is 1. The summed E-state index contributed by atoms with van der Waals surface area (Å²) in [7, 11) is 0. The van der Waals surface area contributed by atoms with Gasteiger partial charge < -0.3 is 15.2 Å². The minimum atomic E-state index is -0.993. The van der Waals surface area contributed by atoms with Gasteiger partial charge in [0.2, 0.25) is 0 Å². The minimum absolute atomic E-state index is 0.194. The molecule has 0 heterocycles. The van der Waals surface area contributed by atoms with Crippen molar-refractivity contribution in [1.29, 1.82) is 0 Å². The lowest BCUT2D eigenvalue weighted by Crippen LogP contribution is -2.35. The second kappa shape index (κ2) is 8.04. The summed E-state index contributed by atoms with van der Waals surface area (Å²) in [6.07, 6.45) is -0.738. The molecule has 5 nitrogen and oxygen atoms in total. The summed E-state index contributed by atoms with van der Waals surface area (Å²) in [6.45, 7) is 1.88. The first-order chi connectivity index (χ1) is 11.3. The van der Waals surface area contributed by atoms with Crippen molar-refractivity contribution in [3.8, 4) is 5.75 Å². The Balaban J connectivity index is 1.90. The van der Waals surface area contributed by atoms with Crippen LogP contribution in [-0.4, -0.2) is 23.1 Å². The van der Waals surface area contributed by atoms with Crippen LogP contribution in [-0.2, 0) is 11.3 Å². The summed E-state index contributed by atoms with van der Waals surface area (Å²) in [5.41, 5.74) is 0.978. The first-order valence-corrected chi connectivity index (χ1v) is 7.83. The van der Waals surface area contributed by atoms with E-state index in [4.69, 9.17) is 33.0 Å². The third-order valence-electron chi connectivity index (χ3n) is 3.19. The second-order valence-electron chi connectivity index (χ2n) is 5.09. The van der Waals surface area contributed by atoms with Crippen molar-refractivity contribution in [2.75, 3.05) is 0 Å². The highest BCUT2D eigenvalue weighted by atomic mass is 35.5. The van der Waals surface area contributed by atoms with Gasteiger partial charge in [0.15, 0.2) is 6.10 Å². The summed E-state index contributed by atoms with van der Waals surface area (Å²) < 4.78 is 5.52. The third kappa shape index (κ3) is 5.15. The summed E-state index contributed by atoms with van der Waals surface area (Å²) in [5, 5.41) is 12.4. The quantitative estimate of drug-likeness (QED) is 0.814. The molecule has 7 heteroatoms. The van der Waals surface area contributed by atoms with Gasteiger partial charge in [0.1, 0.15) is 5.75 Å². The van der Waals surface area contributed by atoms with E-state index in [0.717, 1.165) is 5.56 Å². The Kier molecular flexibility index (Phi) is 6.06. The Morgan fingerprint density at radius 2 is 1.71 bits per heavy atom. The van der Waals surface area contributed by atoms with Crippen LogP contribution in [0.3, 0.4) is 0 Å². The second-order valence-corrected chi connectivity index (χ2v) is 5.96. The van der Waals surface area contributed by atoms with Crippen molar-refractivity contribution in [3.05, 3.63) is 63.6 Å². The molecule has 1 amide bonds. The minimum Gasteiger partial charge on any atom is -0.481 e. The van der Waals surface area contributed by atoms with Crippen molar-refractivity contribution in [1.82, 2.24) is 5.32 Å². The maximum Gasteiger partial charge on any atom is 0.335 e. The van der Waals surface area contributed by atoms with Crippen molar-refractivity contribution >= 4 is 35.1 Å². The molecule has 2 aromatic carbocycles. The van der Waals surface area contributed by atoms with Crippen LogP contribution in [0.1, 0.15) is 22.8 Å². The number of carboxylic acid groups (broad SMARTS) is 1. The Morgan fingerprint density at radius 3 is 2.25 bits per heavy atom. The van der Waals surface area contributed by atoms with Gasteiger partial charge >= 0.3 is 5.97 Å². The lowest BCUT2D eigenvalue weighted by Gasteiger charge is -2.15. The largest absolute Gasteiger partial charge is 0.481 e. The highest BCUT2D eigenvalue weighted by Crippen LogP contribution is 2.24. The van der Waals surface area contributed by atoms with Crippen molar-refractivity contribution in [2.45, 2.75) is 19.6 Å². The van der Waals surface area contributed by atoms with Crippen molar-refractivity contribution in [2.24, 2.45) is 0 Å². The van der Waals surface area contributed by atoms with E-state index in [1.54, 1.807) is 37.3 Å². The molecule has 0 bridgehead atoms. The number of carbonyl (C=O) groups is 2. The van der Waals surface area contributed by atoms with Gasteiger partial charge in [0, 0.05) is 16.6 Å². The molecule has 0 saturated carbocycles. The molecule has 0 aromatic heterocycles.